The molecule has 3 aliphatic rings. The minimum atomic E-state index is -1.57. The van der Waals surface area contributed by atoms with Gasteiger partial charge in [0.15, 0.2) is 11.4 Å². The smallest absolute Gasteiger partial charge is 0.340 e. The number of fused-ring (bicyclic) bond motifs is 5. The lowest BCUT2D eigenvalue weighted by atomic mass is 9.76. The summed E-state index contributed by atoms with van der Waals surface area (Å²) in [6.45, 7) is 4.15. The van der Waals surface area contributed by atoms with Crippen LogP contribution in [0.1, 0.15) is 21.5 Å². The highest BCUT2D eigenvalue weighted by atomic mass is 32.3. The zero-order valence-electron chi connectivity index (χ0n) is 17.5. The molecule has 1 atom stereocenters. The molecule has 0 amide bonds. The molecule has 5 rings (SSSR count). The van der Waals surface area contributed by atoms with Crippen LogP contribution in [-0.2, 0) is 15.1 Å². The molecule has 0 saturated heterocycles. The monoisotopic (exact) mass is 417 g/mol. The van der Waals surface area contributed by atoms with Gasteiger partial charge in [0.1, 0.15) is 0 Å². The molecule has 1 unspecified atom stereocenters. The summed E-state index contributed by atoms with van der Waals surface area (Å²) in [6.07, 6.45) is 7.76. The molecular formula is C25H23NO3S. The second kappa shape index (κ2) is 5.99. The fraction of sp³-hybridized carbons (Fsp3) is 0.200. The van der Waals surface area contributed by atoms with Crippen LogP contribution in [0.2, 0.25) is 0 Å². The number of ketones is 1. The maximum atomic E-state index is 12.9. The minimum absolute atomic E-state index is 0.0886. The van der Waals surface area contributed by atoms with Crippen LogP contribution in [0.15, 0.2) is 82.1 Å². The highest BCUT2D eigenvalue weighted by Crippen LogP contribution is 2.70. The number of hydrogen-bond acceptors (Lipinski definition) is 4. The third-order valence-electron chi connectivity index (χ3n) is 6.29. The van der Waals surface area contributed by atoms with Gasteiger partial charge < -0.3 is 9.64 Å². The van der Waals surface area contributed by atoms with Gasteiger partial charge in [0.2, 0.25) is 0 Å². The Morgan fingerprint density at radius 1 is 1.00 bits per heavy atom. The van der Waals surface area contributed by atoms with E-state index in [4.69, 9.17) is 4.74 Å². The fourth-order valence-electron chi connectivity index (χ4n) is 4.84. The molecule has 2 aromatic rings. The van der Waals surface area contributed by atoms with Crippen LogP contribution < -0.4 is 4.90 Å². The molecule has 1 aliphatic carbocycles. The standard InChI is InChI=1S/C25H23NO3S/c1-15-21(27)13-12-20-23(15)30(4,5)22-14-16(26(2)3)10-11-19(22)25(20)18-9-7-6-8-17(18)24(28)29-25/h6-14H,1H2,2-5H3. The molecule has 2 heterocycles. The Labute approximate surface area is 177 Å². The SMILES string of the molecule is C=C1C(=O)C=CC2=C1S(C)(C)c1cc(N(C)C)ccc1C21OC(=O)c2ccccc21. The molecule has 30 heavy (non-hydrogen) atoms. The third-order valence-corrected chi connectivity index (χ3v) is 9.21. The molecule has 2 aromatic carbocycles. The Balaban J connectivity index is 1.95. The molecule has 0 fully saturated rings. The third kappa shape index (κ3) is 2.18. The van der Waals surface area contributed by atoms with Gasteiger partial charge in [-0.05, 0) is 42.9 Å². The number of allylic oxidation sites excluding steroid dienone is 2. The van der Waals surface area contributed by atoms with Gasteiger partial charge in [0.05, 0.1) is 5.56 Å². The highest BCUT2D eigenvalue weighted by Gasteiger charge is 2.56. The maximum absolute atomic E-state index is 12.9. The number of hydrogen-bond donors (Lipinski definition) is 0. The Bertz CT molecular complexity index is 1230. The Morgan fingerprint density at radius 3 is 2.47 bits per heavy atom. The number of rotatable bonds is 1. The number of benzene rings is 2. The number of esters is 1. The van der Waals surface area contributed by atoms with Crippen molar-refractivity contribution in [3.05, 3.63) is 93.9 Å². The zero-order chi connectivity index (χ0) is 21.4. The van der Waals surface area contributed by atoms with E-state index in [9.17, 15) is 9.59 Å². The summed E-state index contributed by atoms with van der Waals surface area (Å²) in [5.74, 6) is -0.431. The van der Waals surface area contributed by atoms with Gasteiger partial charge in [-0.25, -0.2) is 4.79 Å². The van der Waals surface area contributed by atoms with Gasteiger partial charge in [-0.1, -0.05) is 30.8 Å². The van der Waals surface area contributed by atoms with Crippen LogP contribution in [0.25, 0.3) is 0 Å². The zero-order valence-corrected chi connectivity index (χ0v) is 18.3. The predicted octanol–water partition coefficient (Wildman–Crippen LogP) is 4.55. The van der Waals surface area contributed by atoms with E-state index in [0.717, 1.165) is 32.2 Å². The number of carbonyl (C=O) groups is 2. The minimum Gasteiger partial charge on any atom is -0.440 e. The van der Waals surface area contributed by atoms with E-state index in [1.807, 2.05) is 38.4 Å². The van der Waals surface area contributed by atoms with Gasteiger partial charge in [0.25, 0.3) is 0 Å². The Morgan fingerprint density at radius 2 is 1.73 bits per heavy atom. The van der Waals surface area contributed by atoms with Gasteiger partial charge >= 0.3 is 5.97 Å². The maximum Gasteiger partial charge on any atom is 0.340 e. The van der Waals surface area contributed by atoms with Crippen molar-refractivity contribution in [2.45, 2.75) is 10.5 Å². The number of nitrogens with zero attached hydrogens (tertiary/aromatic N) is 1. The summed E-state index contributed by atoms with van der Waals surface area (Å²) >= 11 is 0. The van der Waals surface area contributed by atoms with Crippen molar-refractivity contribution < 1.29 is 14.3 Å². The van der Waals surface area contributed by atoms with Gasteiger partial charge in [-0.3, -0.25) is 4.79 Å². The molecule has 4 nitrogen and oxygen atoms in total. The number of ether oxygens (including phenoxy) is 1. The molecule has 0 bridgehead atoms. The van der Waals surface area contributed by atoms with Crippen LogP contribution in [0.5, 0.6) is 0 Å². The average Bonchev–Trinajstić information content (AvgIpc) is 3.02. The van der Waals surface area contributed by atoms with Crippen molar-refractivity contribution in [1.82, 2.24) is 0 Å². The highest BCUT2D eigenvalue weighted by molar-refractivity contribution is 8.36. The predicted molar refractivity (Wildman–Crippen MR) is 121 cm³/mol. The summed E-state index contributed by atoms with van der Waals surface area (Å²) in [5.41, 5.74) is 3.71. The molecular weight excluding hydrogens is 394 g/mol. The quantitative estimate of drug-likeness (QED) is 0.504. The second-order valence-electron chi connectivity index (χ2n) is 8.44. The molecule has 0 radical (unpaired) electrons. The Kier molecular flexibility index (Phi) is 3.78. The summed E-state index contributed by atoms with van der Waals surface area (Å²) in [6, 6.07) is 13.8. The second-order valence-corrected chi connectivity index (χ2v) is 11.9. The average molecular weight is 418 g/mol. The van der Waals surface area contributed by atoms with E-state index in [2.05, 4.69) is 42.2 Å². The van der Waals surface area contributed by atoms with Crippen molar-refractivity contribution in [3.63, 3.8) is 0 Å². The fourth-order valence-corrected chi connectivity index (χ4v) is 7.72. The molecule has 5 heteroatoms. The first kappa shape index (κ1) is 18.9. The van der Waals surface area contributed by atoms with Crippen LogP contribution in [-0.4, -0.2) is 38.4 Å². The first-order valence-corrected chi connectivity index (χ1v) is 12.2. The van der Waals surface area contributed by atoms with Gasteiger partial charge in [-0.15, -0.1) is 0 Å². The van der Waals surface area contributed by atoms with Crippen molar-refractivity contribution in [1.29, 1.82) is 0 Å². The van der Waals surface area contributed by atoms with Crippen LogP contribution in [0, 0.1) is 0 Å². The first-order valence-electron chi connectivity index (χ1n) is 9.74. The molecule has 152 valence electrons. The first-order chi connectivity index (χ1) is 14.2. The lowest BCUT2D eigenvalue weighted by molar-refractivity contribution is -0.111. The van der Waals surface area contributed by atoms with E-state index < -0.39 is 15.6 Å². The van der Waals surface area contributed by atoms with Crippen molar-refractivity contribution in [2.24, 2.45) is 0 Å². The van der Waals surface area contributed by atoms with Crippen molar-refractivity contribution in [2.75, 3.05) is 31.5 Å². The summed E-state index contributed by atoms with van der Waals surface area (Å²) in [5, 5.41) is 0. The molecule has 0 saturated carbocycles. The van der Waals surface area contributed by atoms with Gasteiger partial charge in [0, 0.05) is 51.9 Å². The van der Waals surface area contributed by atoms with E-state index in [1.165, 1.54) is 0 Å². The van der Waals surface area contributed by atoms with Gasteiger partial charge in [-0.2, -0.15) is 10.0 Å². The topological polar surface area (TPSA) is 46.6 Å². The Hall–Kier alpha value is -3.05. The summed E-state index contributed by atoms with van der Waals surface area (Å²) in [7, 11) is 2.43. The van der Waals surface area contributed by atoms with E-state index >= 15 is 0 Å². The van der Waals surface area contributed by atoms with Crippen molar-refractivity contribution in [3.8, 4) is 0 Å². The van der Waals surface area contributed by atoms with E-state index in [1.54, 1.807) is 12.1 Å². The number of anilines is 1. The molecule has 2 aliphatic heterocycles. The number of carbonyl (C=O) groups excluding carboxylic acids is 2. The van der Waals surface area contributed by atoms with Crippen molar-refractivity contribution >= 4 is 27.5 Å². The lowest BCUT2D eigenvalue weighted by Gasteiger charge is -2.49. The van der Waals surface area contributed by atoms with Crippen LogP contribution in [0.3, 0.4) is 0 Å². The molecule has 1 spiro atoms. The van der Waals surface area contributed by atoms with E-state index in [-0.39, 0.29) is 11.8 Å². The van der Waals surface area contributed by atoms with Crippen LogP contribution in [0.4, 0.5) is 5.69 Å². The lowest BCUT2D eigenvalue weighted by Crippen LogP contribution is -2.37. The van der Waals surface area contributed by atoms with E-state index in [0.29, 0.717) is 11.1 Å². The largest absolute Gasteiger partial charge is 0.440 e. The summed E-state index contributed by atoms with van der Waals surface area (Å²) in [4.78, 5) is 29.6. The molecule has 0 aromatic heterocycles. The molecule has 0 N–H and O–H groups in total. The van der Waals surface area contributed by atoms with Crippen LogP contribution >= 0.6 is 10.0 Å². The normalized spacial score (nSPS) is 24.3. The summed E-state index contributed by atoms with van der Waals surface area (Å²) < 4.78 is 6.23.